The molecule has 9 heteroatoms. The number of amides is 4. The number of nitrogens with zero attached hydrogens (tertiary/aromatic N) is 1. The Hall–Kier alpha value is -4.01. The van der Waals surface area contributed by atoms with Gasteiger partial charge in [0.1, 0.15) is 17.5 Å². The highest BCUT2D eigenvalue weighted by Gasteiger charge is 2.37. The number of H-pyrrole nitrogens is 1. The number of rotatable bonds is 9. The van der Waals surface area contributed by atoms with Crippen molar-refractivity contribution in [3.8, 4) is 11.5 Å². The third kappa shape index (κ3) is 4.77. The maximum Gasteiger partial charge on any atom is 0.324 e. The van der Waals surface area contributed by atoms with Crippen molar-refractivity contribution < 1.29 is 23.9 Å². The lowest BCUT2D eigenvalue weighted by atomic mass is 10.1. The number of fused-ring (bicyclic) bond motifs is 1. The van der Waals surface area contributed by atoms with Crippen LogP contribution in [-0.4, -0.2) is 54.5 Å². The highest BCUT2D eigenvalue weighted by Crippen LogP contribution is 2.29. The number of urea groups is 1. The second-order valence-corrected chi connectivity index (χ2v) is 7.75. The van der Waals surface area contributed by atoms with Gasteiger partial charge in [-0.2, -0.15) is 0 Å². The SMILES string of the molecule is COc1ccc(NC(=O)CCC2NC(=O)N(CCc3c[nH]c4ccccc34)C2=O)c(OC)c1. The quantitative estimate of drug-likeness (QED) is 0.434. The van der Waals surface area contributed by atoms with Gasteiger partial charge in [0.05, 0.1) is 19.9 Å². The monoisotopic (exact) mass is 450 g/mol. The molecule has 1 saturated heterocycles. The molecule has 9 nitrogen and oxygen atoms in total. The fourth-order valence-corrected chi connectivity index (χ4v) is 3.94. The van der Waals surface area contributed by atoms with Crippen molar-refractivity contribution in [3.63, 3.8) is 0 Å². The van der Waals surface area contributed by atoms with Gasteiger partial charge >= 0.3 is 6.03 Å². The number of carbonyl (C=O) groups excluding carboxylic acids is 3. The van der Waals surface area contributed by atoms with Crippen molar-refractivity contribution in [2.45, 2.75) is 25.3 Å². The van der Waals surface area contributed by atoms with Gasteiger partial charge in [0, 0.05) is 36.1 Å². The van der Waals surface area contributed by atoms with E-state index in [1.165, 1.54) is 12.0 Å². The minimum atomic E-state index is -0.719. The van der Waals surface area contributed by atoms with Crippen LogP contribution in [0.5, 0.6) is 11.5 Å². The third-order valence-electron chi connectivity index (χ3n) is 5.73. The molecule has 1 fully saturated rings. The molecular formula is C24H26N4O5. The number of imide groups is 1. The first-order valence-corrected chi connectivity index (χ1v) is 10.7. The summed E-state index contributed by atoms with van der Waals surface area (Å²) in [7, 11) is 3.05. The van der Waals surface area contributed by atoms with E-state index in [2.05, 4.69) is 15.6 Å². The van der Waals surface area contributed by atoms with Gasteiger partial charge in [0.2, 0.25) is 5.91 Å². The van der Waals surface area contributed by atoms with Crippen LogP contribution in [0.1, 0.15) is 18.4 Å². The molecule has 0 radical (unpaired) electrons. The van der Waals surface area contributed by atoms with Crippen molar-refractivity contribution in [1.29, 1.82) is 0 Å². The van der Waals surface area contributed by atoms with Gasteiger partial charge < -0.3 is 25.1 Å². The van der Waals surface area contributed by atoms with E-state index in [0.29, 0.717) is 23.6 Å². The zero-order valence-electron chi connectivity index (χ0n) is 18.5. The smallest absolute Gasteiger partial charge is 0.324 e. The van der Waals surface area contributed by atoms with Gasteiger partial charge in [-0.25, -0.2) is 4.79 Å². The molecule has 4 amide bonds. The molecule has 3 aromatic rings. The largest absolute Gasteiger partial charge is 0.497 e. The molecule has 4 rings (SSSR count). The summed E-state index contributed by atoms with van der Waals surface area (Å²) < 4.78 is 10.4. The van der Waals surface area contributed by atoms with Gasteiger partial charge in [0.25, 0.3) is 5.91 Å². The molecule has 0 saturated carbocycles. The second kappa shape index (κ2) is 9.64. The molecule has 33 heavy (non-hydrogen) atoms. The highest BCUT2D eigenvalue weighted by molar-refractivity contribution is 6.04. The van der Waals surface area contributed by atoms with Crippen molar-refractivity contribution in [1.82, 2.24) is 15.2 Å². The normalized spacial score (nSPS) is 15.6. The molecule has 1 aliphatic heterocycles. The molecule has 172 valence electrons. The Morgan fingerprint density at radius 3 is 2.73 bits per heavy atom. The zero-order chi connectivity index (χ0) is 23.4. The molecular weight excluding hydrogens is 424 g/mol. The van der Waals surface area contributed by atoms with Crippen molar-refractivity contribution in [2.75, 3.05) is 26.1 Å². The van der Waals surface area contributed by atoms with Crippen LogP contribution >= 0.6 is 0 Å². The van der Waals surface area contributed by atoms with Gasteiger partial charge in [0.15, 0.2) is 0 Å². The summed E-state index contributed by atoms with van der Waals surface area (Å²) >= 11 is 0. The number of benzene rings is 2. The van der Waals surface area contributed by atoms with E-state index in [1.807, 2.05) is 30.5 Å². The van der Waals surface area contributed by atoms with Crippen LogP contribution in [0.2, 0.25) is 0 Å². The lowest BCUT2D eigenvalue weighted by Crippen LogP contribution is -2.33. The lowest BCUT2D eigenvalue weighted by molar-refractivity contribution is -0.127. The van der Waals surface area contributed by atoms with Crippen molar-refractivity contribution in [3.05, 3.63) is 54.2 Å². The van der Waals surface area contributed by atoms with Crippen LogP contribution < -0.4 is 20.1 Å². The summed E-state index contributed by atoms with van der Waals surface area (Å²) in [5.41, 5.74) is 2.56. The average molecular weight is 450 g/mol. The second-order valence-electron chi connectivity index (χ2n) is 7.75. The first-order valence-electron chi connectivity index (χ1n) is 10.7. The van der Waals surface area contributed by atoms with E-state index in [1.54, 1.807) is 25.3 Å². The van der Waals surface area contributed by atoms with Gasteiger partial charge in [-0.1, -0.05) is 18.2 Å². The first kappa shape index (κ1) is 22.2. The number of methoxy groups -OCH3 is 2. The Balaban J connectivity index is 1.31. The lowest BCUT2D eigenvalue weighted by Gasteiger charge is -2.13. The van der Waals surface area contributed by atoms with Crippen LogP contribution in [0, 0.1) is 0 Å². The van der Waals surface area contributed by atoms with Crippen LogP contribution in [0.15, 0.2) is 48.7 Å². The van der Waals surface area contributed by atoms with E-state index in [-0.39, 0.29) is 31.2 Å². The predicted octanol–water partition coefficient (Wildman–Crippen LogP) is 3.07. The Kier molecular flexibility index (Phi) is 6.48. The van der Waals surface area contributed by atoms with E-state index in [0.717, 1.165) is 16.5 Å². The fraction of sp³-hybridized carbons (Fsp3) is 0.292. The molecule has 1 atom stereocenters. The summed E-state index contributed by atoms with van der Waals surface area (Å²) in [5, 5.41) is 6.54. The standard InChI is InChI=1S/C24H26N4O5/c1-32-16-7-8-19(21(13-16)33-2)26-22(29)10-9-20-23(30)28(24(31)27-20)12-11-15-14-25-18-6-4-3-5-17(15)18/h3-8,13-14,20,25H,9-12H2,1-2H3,(H,26,29)(H,27,31). The molecule has 3 N–H and O–H groups in total. The molecule has 0 aliphatic carbocycles. The summed E-state index contributed by atoms with van der Waals surface area (Å²) in [6.45, 7) is 0.276. The maximum atomic E-state index is 12.8. The summed E-state index contributed by atoms with van der Waals surface area (Å²) in [5.74, 6) is 0.487. The summed E-state index contributed by atoms with van der Waals surface area (Å²) in [4.78, 5) is 41.9. The third-order valence-corrected chi connectivity index (χ3v) is 5.73. The topological polar surface area (TPSA) is 113 Å². The summed E-state index contributed by atoms with van der Waals surface area (Å²) in [6, 6.07) is 11.8. The van der Waals surface area contributed by atoms with Gasteiger partial charge in [-0.15, -0.1) is 0 Å². The molecule has 1 unspecified atom stereocenters. The minimum absolute atomic E-state index is 0.0716. The maximum absolute atomic E-state index is 12.8. The Morgan fingerprint density at radius 1 is 1.12 bits per heavy atom. The first-order chi connectivity index (χ1) is 16.0. The number of aromatic amines is 1. The number of carbonyl (C=O) groups is 3. The van der Waals surface area contributed by atoms with Crippen molar-refractivity contribution >= 4 is 34.4 Å². The van der Waals surface area contributed by atoms with E-state index < -0.39 is 12.1 Å². The number of hydrogen-bond acceptors (Lipinski definition) is 5. The Labute approximate surface area is 191 Å². The molecule has 1 aliphatic rings. The minimum Gasteiger partial charge on any atom is -0.497 e. The predicted molar refractivity (Wildman–Crippen MR) is 123 cm³/mol. The van der Waals surface area contributed by atoms with Crippen LogP contribution in [0.4, 0.5) is 10.5 Å². The van der Waals surface area contributed by atoms with Crippen LogP contribution in [0.25, 0.3) is 10.9 Å². The Bertz CT molecular complexity index is 1190. The number of nitrogens with one attached hydrogen (secondary N) is 3. The summed E-state index contributed by atoms with van der Waals surface area (Å²) in [6.07, 6.45) is 2.73. The molecule has 0 spiro atoms. The van der Waals surface area contributed by atoms with E-state index >= 15 is 0 Å². The molecule has 2 heterocycles. The Morgan fingerprint density at radius 2 is 1.94 bits per heavy atom. The van der Waals surface area contributed by atoms with E-state index in [9.17, 15) is 14.4 Å². The fourth-order valence-electron chi connectivity index (χ4n) is 3.94. The van der Waals surface area contributed by atoms with Gasteiger partial charge in [-0.05, 0) is 36.6 Å². The van der Waals surface area contributed by atoms with Gasteiger partial charge in [-0.3, -0.25) is 14.5 Å². The number of hydrogen-bond donors (Lipinski definition) is 3. The van der Waals surface area contributed by atoms with Crippen LogP contribution in [-0.2, 0) is 16.0 Å². The zero-order valence-corrected chi connectivity index (χ0v) is 18.5. The van der Waals surface area contributed by atoms with Crippen LogP contribution in [0.3, 0.4) is 0 Å². The molecule has 1 aromatic heterocycles. The van der Waals surface area contributed by atoms with Crippen molar-refractivity contribution in [2.24, 2.45) is 0 Å². The number of para-hydroxylation sites is 1. The molecule has 2 aromatic carbocycles. The number of ether oxygens (including phenoxy) is 2. The number of aromatic nitrogens is 1. The van der Waals surface area contributed by atoms with E-state index in [4.69, 9.17) is 9.47 Å². The molecule has 0 bridgehead atoms. The number of anilines is 1. The highest BCUT2D eigenvalue weighted by atomic mass is 16.5. The average Bonchev–Trinajstić information content (AvgIpc) is 3.36.